The standard InChI is InChI=1S/C18H16S/c1-13-3-7-15(8-4-13)17-11-19-12-18(17)16-9-5-14(2)6-10-16/h3-12H,1-2H3. The lowest BCUT2D eigenvalue weighted by Crippen LogP contribution is -1.81. The van der Waals surface area contributed by atoms with Crippen LogP contribution in [-0.2, 0) is 0 Å². The fourth-order valence-corrected chi connectivity index (χ4v) is 3.08. The minimum absolute atomic E-state index is 1.29. The van der Waals surface area contributed by atoms with Gasteiger partial charge < -0.3 is 0 Å². The normalized spacial score (nSPS) is 10.6. The molecular formula is C18H16S. The molecule has 0 spiro atoms. The van der Waals surface area contributed by atoms with Gasteiger partial charge in [0, 0.05) is 11.1 Å². The van der Waals surface area contributed by atoms with E-state index in [4.69, 9.17) is 0 Å². The van der Waals surface area contributed by atoms with E-state index >= 15 is 0 Å². The lowest BCUT2D eigenvalue weighted by atomic mass is 9.98. The van der Waals surface area contributed by atoms with Crippen molar-refractivity contribution in [3.05, 3.63) is 70.4 Å². The van der Waals surface area contributed by atoms with Crippen LogP contribution in [0.25, 0.3) is 22.3 Å². The van der Waals surface area contributed by atoms with Gasteiger partial charge in [0.15, 0.2) is 0 Å². The Balaban J connectivity index is 2.07. The SMILES string of the molecule is Cc1ccc(-c2cscc2-c2ccc(C)cc2)cc1. The highest BCUT2D eigenvalue weighted by atomic mass is 32.1. The van der Waals surface area contributed by atoms with E-state index in [-0.39, 0.29) is 0 Å². The van der Waals surface area contributed by atoms with E-state index in [0.29, 0.717) is 0 Å². The van der Waals surface area contributed by atoms with Gasteiger partial charge >= 0.3 is 0 Å². The third-order valence-electron chi connectivity index (χ3n) is 3.39. The second-order valence-corrected chi connectivity index (χ2v) is 5.67. The highest BCUT2D eigenvalue weighted by molar-refractivity contribution is 7.08. The zero-order valence-electron chi connectivity index (χ0n) is 11.2. The zero-order valence-corrected chi connectivity index (χ0v) is 12.0. The predicted octanol–water partition coefficient (Wildman–Crippen LogP) is 5.70. The van der Waals surface area contributed by atoms with Crippen molar-refractivity contribution in [2.24, 2.45) is 0 Å². The minimum atomic E-state index is 1.29. The smallest absolute Gasteiger partial charge is 0.000184 e. The third kappa shape index (κ3) is 2.47. The summed E-state index contributed by atoms with van der Waals surface area (Å²) in [6.45, 7) is 4.25. The number of rotatable bonds is 2. The topological polar surface area (TPSA) is 0 Å². The van der Waals surface area contributed by atoms with Crippen LogP contribution >= 0.6 is 11.3 Å². The molecule has 1 heteroatoms. The third-order valence-corrected chi connectivity index (χ3v) is 4.13. The first-order valence-corrected chi connectivity index (χ1v) is 7.38. The van der Waals surface area contributed by atoms with Crippen molar-refractivity contribution >= 4 is 11.3 Å². The Hall–Kier alpha value is -1.86. The Morgan fingerprint density at radius 3 is 1.32 bits per heavy atom. The Labute approximate surface area is 118 Å². The molecule has 3 rings (SSSR count). The number of aryl methyl sites for hydroxylation is 2. The molecule has 0 N–H and O–H groups in total. The molecule has 0 aliphatic rings. The molecular weight excluding hydrogens is 248 g/mol. The van der Waals surface area contributed by atoms with Crippen molar-refractivity contribution in [1.29, 1.82) is 0 Å². The largest absolute Gasteiger partial charge is 0.151 e. The quantitative estimate of drug-likeness (QED) is 0.557. The summed E-state index contributed by atoms with van der Waals surface area (Å²) in [5.74, 6) is 0. The van der Waals surface area contributed by atoms with E-state index in [1.807, 2.05) is 0 Å². The van der Waals surface area contributed by atoms with Crippen LogP contribution in [0, 0.1) is 13.8 Å². The average Bonchev–Trinajstić information content (AvgIpc) is 2.90. The summed E-state index contributed by atoms with van der Waals surface area (Å²) in [7, 11) is 0. The molecule has 0 unspecified atom stereocenters. The van der Waals surface area contributed by atoms with Crippen LogP contribution in [0.3, 0.4) is 0 Å². The highest BCUT2D eigenvalue weighted by Gasteiger charge is 2.08. The zero-order chi connectivity index (χ0) is 13.2. The van der Waals surface area contributed by atoms with Gasteiger partial charge in [-0.05, 0) is 35.7 Å². The monoisotopic (exact) mass is 264 g/mol. The molecule has 1 heterocycles. The maximum atomic E-state index is 2.24. The number of hydrogen-bond acceptors (Lipinski definition) is 1. The number of benzene rings is 2. The van der Waals surface area contributed by atoms with Crippen molar-refractivity contribution in [2.75, 3.05) is 0 Å². The van der Waals surface area contributed by atoms with Gasteiger partial charge in [0.2, 0.25) is 0 Å². The second kappa shape index (κ2) is 5.02. The van der Waals surface area contributed by atoms with Crippen LogP contribution in [0.4, 0.5) is 0 Å². The molecule has 2 aromatic carbocycles. The van der Waals surface area contributed by atoms with E-state index in [1.165, 1.54) is 33.4 Å². The molecule has 0 saturated carbocycles. The molecule has 0 atom stereocenters. The first kappa shape index (κ1) is 12.2. The Morgan fingerprint density at radius 1 is 0.579 bits per heavy atom. The maximum Gasteiger partial charge on any atom is 0.000184 e. The summed E-state index contributed by atoms with van der Waals surface area (Å²) in [5, 5.41) is 4.47. The van der Waals surface area contributed by atoms with Crippen molar-refractivity contribution < 1.29 is 0 Å². The molecule has 19 heavy (non-hydrogen) atoms. The fraction of sp³-hybridized carbons (Fsp3) is 0.111. The summed E-state index contributed by atoms with van der Waals surface area (Å²) in [6, 6.07) is 17.5. The maximum absolute atomic E-state index is 2.24. The van der Waals surface area contributed by atoms with Crippen LogP contribution in [0.1, 0.15) is 11.1 Å². The van der Waals surface area contributed by atoms with Crippen LogP contribution in [-0.4, -0.2) is 0 Å². The molecule has 0 saturated heterocycles. The lowest BCUT2D eigenvalue weighted by Gasteiger charge is -2.06. The second-order valence-electron chi connectivity index (χ2n) is 4.93. The van der Waals surface area contributed by atoms with Gasteiger partial charge in [-0.3, -0.25) is 0 Å². The van der Waals surface area contributed by atoms with Crippen LogP contribution in [0.2, 0.25) is 0 Å². The van der Waals surface area contributed by atoms with E-state index < -0.39 is 0 Å². The van der Waals surface area contributed by atoms with Crippen molar-refractivity contribution in [2.45, 2.75) is 13.8 Å². The van der Waals surface area contributed by atoms with Crippen LogP contribution in [0.5, 0.6) is 0 Å². The summed E-state index contributed by atoms with van der Waals surface area (Å²) < 4.78 is 0. The predicted molar refractivity (Wildman–Crippen MR) is 84.7 cm³/mol. The van der Waals surface area contributed by atoms with E-state index in [1.54, 1.807) is 11.3 Å². The lowest BCUT2D eigenvalue weighted by molar-refractivity contribution is 1.46. The van der Waals surface area contributed by atoms with Gasteiger partial charge in [-0.25, -0.2) is 0 Å². The first-order valence-electron chi connectivity index (χ1n) is 6.44. The summed E-state index contributed by atoms with van der Waals surface area (Å²) in [4.78, 5) is 0. The summed E-state index contributed by atoms with van der Waals surface area (Å²) in [5.41, 5.74) is 7.85. The fourth-order valence-electron chi connectivity index (χ4n) is 2.21. The Bertz CT molecular complexity index is 612. The molecule has 0 radical (unpaired) electrons. The summed E-state index contributed by atoms with van der Waals surface area (Å²) in [6.07, 6.45) is 0. The molecule has 94 valence electrons. The molecule has 0 nitrogen and oxygen atoms in total. The van der Waals surface area contributed by atoms with E-state index in [2.05, 4.69) is 73.1 Å². The van der Waals surface area contributed by atoms with Crippen molar-refractivity contribution in [3.63, 3.8) is 0 Å². The van der Waals surface area contributed by atoms with E-state index in [0.717, 1.165) is 0 Å². The number of hydrogen-bond donors (Lipinski definition) is 0. The van der Waals surface area contributed by atoms with Gasteiger partial charge in [0.1, 0.15) is 0 Å². The molecule has 0 bridgehead atoms. The Kier molecular flexibility index (Phi) is 3.22. The van der Waals surface area contributed by atoms with Gasteiger partial charge in [-0.2, -0.15) is 11.3 Å². The molecule has 0 aliphatic heterocycles. The Morgan fingerprint density at radius 2 is 0.947 bits per heavy atom. The average molecular weight is 264 g/mol. The van der Waals surface area contributed by atoms with Crippen LogP contribution < -0.4 is 0 Å². The van der Waals surface area contributed by atoms with Gasteiger partial charge in [-0.1, -0.05) is 59.7 Å². The molecule has 0 fully saturated rings. The highest BCUT2D eigenvalue weighted by Crippen LogP contribution is 2.35. The van der Waals surface area contributed by atoms with Gasteiger partial charge in [0.25, 0.3) is 0 Å². The molecule has 0 aliphatic carbocycles. The van der Waals surface area contributed by atoms with Crippen molar-refractivity contribution in [1.82, 2.24) is 0 Å². The van der Waals surface area contributed by atoms with Gasteiger partial charge in [0.05, 0.1) is 0 Å². The van der Waals surface area contributed by atoms with Gasteiger partial charge in [-0.15, -0.1) is 0 Å². The van der Waals surface area contributed by atoms with E-state index in [9.17, 15) is 0 Å². The van der Waals surface area contributed by atoms with Crippen LogP contribution in [0.15, 0.2) is 59.3 Å². The first-order chi connectivity index (χ1) is 9.24. The van der Waals surface area contributed by atoms with Crippen molar-refractivity contribution in [3.8, 4) is 22.3 Å². The molecule has 0 amide bonds. The molecule has 3 aromatic rings. The molecule has 1 aromatic heterocycles. The minimum Gasteiger partial charge on any atom is -0.151 e. The summed E-state index contributed by atoms with van der Waals surface area (Å²) >= 11 is 1.76. The number of thiophene rings is 1.